The number of urea groups is 1. The fourth-order valence-electron chi connectivity index (χ4n) is 3.11. The number of nitrogens with one attached hydrogen (secondary N) is 2. The van der Waals surface area contributed by atoms with Gasteiger partial charge in [-0.2, -0.15) is 0 Å². The first-order valence-corrected chi connectivity index (χ1v) is 10.8. The molecule has 1 atom stereocenters. The number of hydrogen-bond acceptors (Lipinski definition) is 7. The van der Waals surface area contributed by atoms with Crippen LogP contribution in [0.15, 0.2) is 60.7 Å². The predicted molar refractivity (Wildman–Crippen MR) is 119 cm³/mol. The van der Waals surface area contributed by atoms with Gasteiger partial charge in [-0.25, -0.2) is 9.59 Å². The second-order valence-corrected chi connectivity index (χ2v) is 7.54. The molecule has 3 amide bonds. The quantitative estimate of drug-likeness (QED) is 0.233. The summed E-state index contributed by atoms with van der Waals surface area (Å²) >= 11 is 0. The number of likely N-dealkylation sites (tertiary alicyclic amines) is 1. The molecule has 1 heterocycles. The average Bonchev–Trinajstić information content (AvgIpc) is 2.84. The van der Waals surface area contributed by atoms with Crippen molar-refractivity contribution in [2.75, 3.05) is 13.1 Å². The van der Waals surface area contributed by atoms with Gasteiger partial charge in [0, 0.05) is 19.5 Å². The molecule has 0 unspecified atom stereocenters. The number of unbranched alkanes of at least 4 members (excludes halogenated alkanes) is 1. The molecule has 1 saturated heterocycles. The summed E-state index contributed by atoms with van der Waals surface area (Å²) in [5.74, 6) is -1.34. The smallest absolute Gasteiger partial charge is 0.356 e. The van der Waals surface area contributed by atoms with Gasteiger partial charge in [0.05, 0.1) is 5.56 Å². The number of hydroxylamine groups is 1. The number of imide groups is 1. The number of carbonyl (C=O) groups excluding carboxylic acids is 4. The Bertz CT molecular complexity index is 951. The van der Waals surface area contributed by atoms with Gasteiger partial charge in [0.15, 0.2) is 0 Å². The summed E-state index contributed by atoms with van der Waals surface area (Å²) in [7, 11) is 0. The van der Waals surface area contributed by atoms with Gasteiger partial charge in [0.2, 0.25) is 5.91 Å². The second-order valence-electron chi connectivity index (χ2n) is 7.54. The summed E-state index contributed by atoms with van der Waals surface area (Å²) in [6.45, 7) is 0.902. The van der Waals surface area contributed by atoms with Crippen LogP contribution in [0.25, 0.3) is 0 Å². The van der Waals surface area contributed by atoms with Crippen LogP contribution in [0.1, 0.15) is 41.6 Å². The maximum Gasteiger partial charge on any atom is 0.356 e. The lowest BCUT2D eigenvalue weighted by molar-refractivity contribution is -0.151. The summed E-state index contributed by atoms with van der Waals surface area (Å²) in [6.07, 6.45) is 1.85. The van der Waals surface area contributed by atoms with Crippen molar-refractivity contribution in [3.05, 3.63) is 71.8 Å². The van der Waals surface area contributed by atoms with Crippen LogP contribution in [0.3, 0.4) is 0 Å². The summed E-state index contributed by atoms with van der Waals surface area (Å²) in [6, 6.07) is 16.4. The molecule has 1 fully saturated rings. The number of hydrogen-bond donors (Lipinski definition) is 2. The maximum absolute atomic E-state index is 12.6. The third-order valence-corrected chi connectivity index (χ3v) is 5.10. The Hall–Kier alpha value is -3.72. The van der Waals surface area contributed by atoms with E-state index in [-0.39, 0.29) is 12.5 Å². The minimum absolute atomic E-state index is 0.102. The molecule has 9 heteroatoms. The Labute approximate surface area is 192 Å². The molecular formula is C24H27N3O6. The first-order chi connectivity index (χ1) is 16.0. The molecule has 2 N–H and O–H groups in total. The summed E-state index contributed by atoms with van der Waals surface area (Å²) < 4.78 is 5.38. The van der Waals surface area contributed by atoms with Gasteiger partial charge >= 0.3 is 18.0 Å². The van der Waals surface area contributed by atoms with Crippen LogP contribution in [0.2, 0.25) is 0 Å². The number of rotatable bonds is 11. The van der Waals surface area contributed by atoms with Gasteiger partial charge in [-0.1, -0.05) is 48.5 Å². The molecule has 2 aromatic carbocycles. The van der Waals surface area contributed by atoms with Crippen molar-refractivity contribution in [2.24, 2.45) is 0 Å². The molecular weight excluding hydrogens is 426 g/mol. The molecule has 1 aliphatic heterocycles. The lowest BCUT2D eigenvalue weighted by atomic mass is 10.1. The molecule has 0 aliphatic carbocycles. The van der Waals surface area contributed by atoms with E-state index < -0.39 is 24.0 Å². The number of carbonyl (C=O) groups is 4. The average molecular weight is 453 g/mol. The lowest BCUT2D eigenvalue weighted by Gasteiger charge is -2.28. The molecule has 2 aromatic rings. The van der Waals surface area contributed by atoms with Gasteiger partial charge in [0.1, 0.15) is 12.6 Å². The molecule has 9 nitrogen and oxygen atoms in total. The van der Waals surface area contributed by atoms with Crippen LogP contribution < -0.4 is 10.8 Å². The zero-order valence-electron chi connectivity index (χ0n) is 18.2. The van der Waals surface area contributed by atoms with Crippen LogP contribution in [0, 0.1) is 0 Å². The third-order valence-electron chi connectivity index (χ3n) is 5.10. The molecule has 0 bridgehead atoms. The SMILES string of the molecule is O=C(ON[C@@H](CCCCNC(=O)N1CCC1=O)C(=O)OCc1ccccc1)c1ccccc1. The van der Waals surface area contributed by atoms with Crippen LogP contribution >= 0.6 is 0 Å². The highest BCUT2D eigenvalue weighted by Crippen LogP contribution is 2.10. The Kier molecular flexibility index (Phi) is 8.96. The minimum Gasteiger partial charge on any atom is -0.460 e. The standard InChI is InChI=1S/C24H27N3O6/c28-21-14-16-27(21)24(31)25-15-8-7-13-20(23(30)32-17-18-9-3-1-4-10-18)26-33-22(29)19-11-5-2-6-12-19/h1-6,9-12,20,26H,7-8,13-17H2,(H,25,31)/t20-/m0/s1. The van der Waals surface area contributed by atoms with E-state index in [2.05, 4.69) is 10.8 Å². The molecule has 1 aliphatic rings. The van der Waals surface area contributed by atoms with Crippen molar-refractivity contribution in [2.45, 2.75) is 38.3 Å². The molecule has 0 spiro atoms. The normalized spacial score (nSPS) is 13.6. The number of amides is 3. The van der Waals surface area contributed by atoms with Crippen molar-refractivity contribution in [3.63, 3.8) is 0 Å². The Morgan fingerprint density at radius 1 is 0.970 bits per heavy atom. The highest BCUT2D eigenvalue weighted by molar-refractivity contribution is 5.98. The molecule has 0 saturated carbocycles. The number of esters is 1. The third kappa shape index (κ3) is 7.43. The predicted octanol–water partition coefficient (Wildman–Crippen LogP) is 2.57. The molecule has 0 aromatic heterocycles. The first kappa shape index (κ1) is 23.9. The van der Waals surface area contributed by atoms with Crippen molar-refractivity contribution >= 4 is 23.9 Å². The van der Waals surface area contributed by atoms with E-state index in [0.29, 0.717) is 44.3 Å². The zero-order valence-corrected chi connectivity index (χ0v) is 18.2. The van der Waals surface area contributed by atoms with E-state index in [1.807, 2.05) is 30.3 Å². The van der Waals surface area contributed by atoms with Crippen LogP contribution in [0.5, 0.6) is 0 Å². The highest BCUT2D eigenvalue weighted by atomic mass is 16.7. The van der Waals surface area contributed by atoms with Crippen molar-refractivity contribution in [1.29, 1.82) is 0 Å². The first-order valence-electron chi connectivity index (χ1n) is 10.8. The fraction of sp³-hybridized carbons (Fsp3) is 0.333. The van der Waals surface area contributed by atoms with E-state index in [4.69, 9.17) is 9.57 Å². The van der Waals surface area contributed by atoms with E-state index in [1.54, 1.807) is 30.3 Å². The number of benzene rings is 2. The Balaban J connectivity index is 1.46. The van der Waals surface area contributed by atoms with Gasteiger partial charge in [0.25, 0.3) is 0 Å². The van der Waals surface area contributed by atoms with E-state index in [0.717, 1.165) is 10.5 Å². The number of nitrogens with zero attached hydrogens (tertiary/aromatic N) is 1. The van der Waals surface area contributed by atoms with Crippen LogP contribution in [-0.2, 0) is 25.8 Å². The minimum atomic E-state index is -0.867. The largest absolute Gasteiger partial charge is 0.460 e. The van der Waals surface area contributed by atoms with E-state index in [9.17, 15) is 19.2 Å². The maximum atomic E-state index is 12.6. The number of β-lactam (4-membered cyclic amide) rings is 1. The summed E-state index contributed by atoms with van der Waals surface area (Å²) in [5.41, 5.74) is 3.73. The summed E-state index contributed by atoms with van der Waals surface area (Å²) in [5, 5.41) is 2.68. The van der Waals surface area contributed by atoms with Gasteiger partial charge in [-0.05, 0) is 37.0 Å². The van der Waals surface area contributed by atoms with Crippen LogP contribution in [0.4, 0.5) is 4.79 Å². The number of ether oxygens (including phenoxy) is 1. The van der Waals surface area contributed by atoms with Crippen LogP contribution in [-0.4, -0.2) is 47.9 Å². The van der Waals surface area contributed by atoms with E-state index in [1.165, 1.54) is 0 Å². The Morgan fingerprint density at radius 2 is 1.67 bits per heavy atom. The fourth-order valence-corrected chi connectivity index (χ4v) is 3.11. The Morgan fingerprint density at radius 3 is 2.30 bits per heavy atom. The molecule has 174 valence electrons. The second kappa shape index (κ2) is 12.4. The molecule has 0 radical (unpaired) electrons. The van der Waals surface area contributed by atoms with Gasteiger partial charge in [-0.15, -0.1) is 5.48 Å². The van der Waals surface area contributed by atoms with Crippen molar-refractivity contribution < 1.29 is 28.8 Å². The molecule has 3 rings (SSSR count). The van der Waals surface area contributed by atoms with Gasteiger partial charge in [-0.3, -0.25) is 14.5 Å². The van der Waals surface area contributed by atoms with Crippen molar-refractivity contribution in [1.82, 2.24) is 15.7 Å². The summed E-state index contributed by atoms with van der Waals surface area (Å²) in [4.78, 5) is 54.2. The van der Waals surface area contributed by atoms with Gasteiger partial charge < -0.3 is 14.9 Å². The lowest BCUT2D eigenvalue weighted by Crippen LogP contribution is -2.52. The molecule has 33 heavy (non-hydrogen) atoms. The van der Waals surface area contributed by atoms with Crippen molar-refractivity contribution in [3.8, 4) is 0 Å². The highest BCUT2D eigenvalue weighted by Gasteiger charge is 2.29. The topological polar surface area (TPSA) is 114 Å². The van der Waals surface area contributed by atoms with E-state index >= 15 is 0 Å². The zero-order chi connectivity index (χ0) is 23.5. The monoisotopic (exact) mass is 453 g/mol.